The molecule has 1 saturated heterocycles. The summed E-state index contributed by atoms with van der Waals surface area (Å²) in [4.78, 5) is 13.6. The van der Waals surface area contributed by atoms with Crippen LogP contribution < -0.4 is 5.32 Å². The van der Waals surface area contributed by atoms with Crippen LogP contribution in [0.1, 0.15) is 26.2 Å². The molecule has 0 aromatic carbocycles. The fraction of sp³-hybridized carbons (Fsp3) is 0.917. The Kier molecular flexibility index (Phi) is 6.42. The molecule has 0 unspecified atom stereocenters. The van der Waals surface area contributed by atoms with Crippen LogP contribution in [0.3, 0.4) is 0 Å². The van der Waals surface area contributed by atoms with Crippen molar-refractivity contribution in [3.63, 3.8) is 0 Å². The lowest BCUT2D eigenvalue weighted by Crippen LogP contribution is -2.39. The molecule has 0 bridgehead atoms. The number of hydrogen-bond donors (Lipinski definition) is 1. The monoisotopic (exact) mass is 228 g/mol. The van der Waals surface area contributed by atoms with Gasteiger partial charge in [-0.2, -0.15) is 0 Å². The molecule has 0 aliphatic carbocycles. The molecule has 1 aliphatic rings. The highest BCUT2D eigenvalue weighted by Crippen LogP contribution is 2.15. The van der Waals surface area contributed by atoms with Gasteiger partial charge >= 0.3 is 0 Å². The number of nitrogens with zero attached hydrogens (tertiary/aromatic N) is 1. The summed E-state index contributed by atoms with van der Waals surface area (Å²) in [6.45, 7) is 6.86. The largest absolute Gasteiger partial charge is 0.383 e. The highest BCUT2D eigenvalue weighted by molar-refractivity contribution is 5.75. The third-order valence-corrected chi connectivity index (χ3v) is 3.23. The number of carbonyl (C=O) groups is 1. The molecule has 1 rings (SSSR count). The molecule has 4 nitrogen and oxygen atoms in total. The van der Waals surface area contributed by atoms with E-state index in [1.165, 1.54) is 12.8 Å². The van der Waals surface area contributed by atoms with Crippen molar-refractivity contribution in [2.75, 3.05) is 39.9 Å². The molecule has 4 heteroatoms. The molecule has 1 fully saturated rings. The van der Waals surface area contributed by atoms with Gasteiger partial charge in [0, 0.05) is 26.6 Å². The predicted octanol–water partition coefficient (Wildman–Crippen LogP) is 0.871. The second-order valence-electron chi connectivity index (χ2n) is 4.44. The van der Waals surface area contributed by atoms with Crippen molar-refractivity contribution in [1.82, 2.24) is 10.2 Å². The van der Waals surface area contributed by atoms with E-state index in [9.17, 15) is 4.79 Å². The molecular formula is C12H24N2O2. The Morgan fingerprint density at radius 1 is 1.44 bits per heavy atom. The van der Waals surface area contributed by atoms with Crippen LogP contribution in [-0.2, 0) is 9.53 Å². The Morgan fingerprint density at radius 3 is 2.69 bits per heavy atom. The van der Waals surface area contributed by atoms with Gasteiger partial charge in [0.25, 0.3) is 0 Å². The summed E-state index contributed by atoms with van der Waals surface area (Å²) in [7, 11) is 1.74. The van der Waals surface area contributed by atoms with Crippen LogP contribution in [0.15, 0.2) is 0 Å². The van der Waals surface area contributed by atoms with Gasteiger partial charge < -0.3 is 15.0 Å². The Hall–Kier alpha value is -0.610. The smallest absolute Gasteiger partial charge is 0.219 e. The molecule has 94 valence electrons. The number of hydrogen-bond acceptors (Lipinski definition) is 3. The fourth-order valence-electron chi connectivity index (χ4n) is 2.02. The van der Waals surface area contributed by atoms with Crippen molar-refractivity contribution in [2.45, 2.75) is 26.2 Å². The topological polar surface area (TPSA) is 41.6 Å². The zero-order valence-electron chi connectivity index (χ0n) is 10.5. The van der Waals surface area contributed by atoms with Gasteiger partial charge in [-0.05, 0) is 31.8 Å². The van der Waals surface area contributed by atoms with Gasteiger partial charge in [0.2, 0.25) is 5.91 Å². The van der Waals surface area contributed by atoms with Crippen LogP contribution in [0.4, 0.5) is 0 Å². The number of carbonyl (C=O) groups excluding carboxylic acids is 1. The maximum atomic E-state index is 11.1. The molecule has 0 spiro atoms. The van der Waals surface area contributed by atoms with E-state index in [2.05, 4.69) is 10.2 Å². The zero-order valence-corrected chi connectivity index (χ0v) is 10.5. The number of likely N-dealkylation sites (tertiary alicyclic amines) is 1. The summed E-state index contributed by atoms with van der Waals surface area (Å²) < 4.78 is 5.07. The summed E-state index contributed by atoms with van der Waals surface area (Å²) in [6, 6.07) is 0. The van der Waals surface area contributed by atoms with E-state index in [1.54, 1.807) is 7.11 Å². The molecule has 1 aliphatic heterocycles. The highest BCUT2D eigenvalue weighted by Gasteiger charge is 2.18. The van der Waals surface area contributed by atoms with Gasteiger partial charge in [-0.1, -0.05) is 6.92 Å². The molecule has 1 amide bonds. The van der Waals surface area contributed by atoms with Crippen LogP contribution in [0, 0.1) is 5.92 Å². The number of piperidine rings is 1. The molecule has 0 aromatic rings. The van der Waals surface area contributed by atoms with Crippen LogP contribution in [-0.4, -0.2) is 50.7 Å². The first-order valence-electron chi connectivity index (χ1n) is 6.24. The Labute approximate surface area is 98.3 Å². The maximum Gasteiger partial charge on any atom is 0.219 e. The van der Waals surface area contributed by atoms with Gasteiger partial charge in [0.15, 0.2) is 0 Å². The minimum absolute atomic E-state index is 0.168. The maximum absolute atomic E-state index is 11.1. The van der Waals surface area contributed by atoms with Crippen molar-refractivity contribution >= 4 is 5.91 Å². The standard InChI is InChI=1S/C12H24N2O2/c1-3-12(15)13-10-11-4-6-14(7-5-11)8-9-16-2/h11H,3-10H2,1-2H3,(H,13,15). The fourth-order valence-corrected chi connectivity index (χ4v) is 2.02. The highest BCUT2D eigenvalue weighted by atomic mass is 16.5. The third kappa shape index (κ3) is 4.94. The normalized spacial score (nSPS) is 18.6. The Morgan fingerprint density at radius 2 is 2.12 bits per heavy atom. The molecular weight excluding hydrogens is 204 g/mol. The van der Waals surface area contributed by atoms with E-state index < -0.39 is 0 Å². The predicted molar refractivity (Wildman–Crippen MR) is 64.3 cm³/mol. The summed E-state index contributed by atoms with van der Waals surface area (Å²) in [5.41, 5.74) is 0. The quantitative estimate of drug-likeness (QED) is 0.733. The second kappa shape index (κ2) is 7.63. The lowest BCUT2D eigenvalue weighted by molar-refractivity contribution is -0.121. The number of amides is 1. The number of methoxy groups -OCH3 is 1. The summed E-state index contributed by atoms with van der Waals surface area (Å²) in [5, 5.41) is 2.98. The number of rotatable bonds is 6. The van der Waals surface area contributed by atoms with Crippen LogP contribution in [0.25, 0.3) is 0 Å². The zero-order chi connectivity index (χ0) is 11.8. The van der Waals surface area contributed by atoms with Gasteiger partial charge in [-0.15, -0.1) is 0 Å². The van der Waals surface area contributed by atoms with Gasteiger partial charge in [-0.25, -0.2) is 0 Å². The van der Waals surface area contributed by atoms with Crippen LogP contribution in [0.2, 0.25) is 0 Å². The Balaban J connectivity index is 2.09. The summed E-state index contributed by atoms with van der Waals surface area (Å²) in [5.74, 6) is 0.830. The average Bonchev–Trinajstić information content (AvgIpc) is 2.34. The first-order valence-corrected chi connectivity index (χ1v) is 6.24. The Bertz CT molecular complexity index is 201. The van der Waals surface area contributed by atoms with Crippen molar-refractivity contribution < 1.29 is 9.53 Å². The molecule has 1 heterocycles. The lowest BCUT2D eigenvalue weighted by atomic mass is 9.97. The molecule has 0 saturated carbocycles. The van der Waals surface area contributed by atoms with E-state index >= 15 is 0 Å². The van der Waals surface area contributed by atoms with Gasteiger partial charge in [0.1, 0.15) is 0 Å². The summed E-state index contributed by atoms with van der Waals surface area (Å²) >= 11 is 0. The molecule has 0 radical (unpaired) electrons. The minimum Gasteiger partial charge on any atom is -0.383 e. The number of nitrogens with one attached hydrogen (secondary N) is 1. The van der Waals surface area contributed by atoms with Gasteiger partial charge in [0.05, 0.1) is 6.61 Å². The van der Waals surface area contributed by atoms with Crippen LogP contribution >= 0.6 is 0 Å². The van der Waals surface area contributed by atoms with Crippen LogP contribution in [0.5, 0.6) is 0 Å². The van der Waals surface area contributed by atoms with Crippen molar-refractivity contribution in [2.24, 2.45) is 5.92 Å². The van der Waals surface area contributed by atoms with E-state index in [0.717, 1.165) is 32.8 Å². The van der Waals surface area contributed by atoms with E-state index in [-0.39, 0.29) is 5.91 Å². The average molecular weight is 228 g/mol. The van der Waals surface area contributed by atoms with Crippen molar-refractivity contribution in [3.8, 4) is 0 Å². The van der Waals surface area contributed by atoms with E-state index in [4.69, 9.17) is 4.74 Å². The minimum atomic E-state index is 0.168. The SMILES string of the molecule is CCC(=O)NCC1CCN(CCOC)CC1. The third-order valence-electron chi connectivity index (χ3n) is 3.23. The lowest BCUT2D eigenvalue weighted by Gasteiger charge is -2.31. The number of ether oxygens (including phenoxy) is 1. The molecule has 1 N–H and O–H groups in total. The van der Waals surface area contributed by atoms with Crippen molar-refractivity contribution in [3.05, 3.63) is 0 Å². The van der Waals surface area contributed by atoms with Crippen molar-refractivity contribution in [1.29, 1.82) is 0 Å². The molecule has 16 heavy (non-hydrogen) atoms. The first-order chi connectivity index (χ1) is 7.76. The van der Waals surface area contributed by atoms with E-state index in [0.29, 0.717) is 12.3 Å². The molecule has 0 atom stereocenters. The van der Waals surface area contributed by atoms with E-state index in [1.807, 2.05) is 6.92 Å². The second-order valence-corrected chi connectivity index (χ2v) is 4.44. The van der Waals surface area contributed by atoms with Gasteiger partial charge in [-0.3, -0.25) is 4.79 Å². The first kappa shape index (κ1) is 13.5. The summed E-state index contributed by atoms with van der Waals surface area (Å²) in [6.07, 6.45) is 2.97. The molecule has 0 aromatic heterocycles.